The Bertz CT molecular complexity index is 1380. The molecule has 0 saturated carbocycles. The SMILES string of the molecule is CCCC/C=C\C/C=C\CCCCCCCC(=O)OCC(COC(=O)CCCCCCCCCCCCCCCCCCCCCCC/C=C\C/C=C\CCCCCCC)OC(=O)CCCCCCCCCCCCCCCCC. The largest absolute Gasteiger partial charge is 0.462 e. The normalized spacial score (nSPS) is 12.3. The number of hydrogen-bond acceptors (Lipinski definition) is 6. The average Bonchev–Trinajstić information content (AvgIpc) is 3.46. The first kappa shape index (κ1) is 77.4. The minimum absolute atomic E-state index is 0.0719. The maximum Gasteiger partial charge on any atom is 0.306 e. The first-order valence-corrected chi connectivity index (χ1v) is 35.6. The van der Waals surface area contributed by atoms with Crippen LogP contribution in [0.3, 0.4) is 0 Å². The van der Waals surface area contributed by atoms with Gasteiger partial charge in [-0.2, -0.15) is 0 Å². The van der Waals surface area contributed by atoms with E-state index in [1.807, 2.05) is 0 Å². The number of esters is 3. The molecule has 0 rings (SSSR count). The minimum Gasteiger partial charge on any atom is -0.462 e. The molecule has 0 aromatic carbocycles. The summed E-state index contributed by atoms with van der Waals surface area (Å²) in [6, 6.07) is 0. The van der Waals surface area contributed by atoms with Crippen LogP contribution >= 0.6 is 0 Å². The van der Waals surface area contributed by atoms with Crippen molar-refractivity contribution in [3.05, 3.63) is 48.6 Å². The lowest BCUT2D eigenvalue weighted by Gasteiger charge is -2.18. The molecular weight excluding hydrogens is 985 g/mol. The third-order valence-electron chi connectivity index (χ3n) is 16.1. The van der Waals surface area contributed by atoms with Crippen molar-refractivity contribution in [3.63, 3.8) is 0 Å². The molecule has 0 aliphatic carbocycles. The van der Waals surface area contributed by atoms with Crippen LogP contribution < -0.4 is 0 Å². The quantitative estimate of drug-likeness (QED) is 0.0261. The van der Waals surface area contributed by atoms with Crippen molar-refractivity contribution in [1.82, 2.24) is 0 Å². The second-order valence-electron chi connectivity index (χ2n) is 24.1. The predicted octanol–water partition coefficient (Wildman–Crippen LogP) is 24.5. The van der Waals surface area contributed by atoms with Crippen LogP contribution in [0.5, 0.6) is 0 Å². The van der Waals surface area contributed by atoms with E-state index in [9.17, 15) is 14.4 Å². The van der Waals surface area contributed by atoms with Crippen LogP contribution in [0.4, 0.5) is 0 Å². The van der Waals surface area contributed by atoms with Gasteiger partial charge in [0.2, 0.25) is 0 Å². The number of hydrogen-bond donors (Lipinski definition) is 0. The van der Waals surface area contributed by atoms with Crippen molar-refractivity contribution >= 4 is 17.9 Å². The summed E-state index contributed by atoms with van der Waals surface area (Å²) < 4.78 is 17.0. The summed E-state index contributed by atoms with van der Waals surface area (Å²) in [5.41, 5.74) is 0. The average molecular weight is 1120 g/mol. The van der Waals surface area contributed by atoms with Crippen LogP contribution in [-0.4, -0.2) is 37.2 Å². The van der Waals surface area contributed by atoms with E-state index < -0.39 is 6.10 Å². The number of allylic oxidation sites excluding steroid dienone is 8. The molecule has 0 radical (unpaired) electrons. The lowest BCUT2D eigenvalue weighted by atomic mass is 10.0. The van der Waals surface area contributed by atoms with Crippen molar-refractivity contribution in [1.29, 1.82) is 0 Å². The van der Waals surface area contributed by atoms with E-state index >= 15 is 0 Å². The summed E-state index contributed by atoms with van der Waals surface area (Å²) in [7, 11) is 0. The second kappa shape index (κ2) is 68.9. The smallest absolute Gasteiger partial charge is 0.306 e. The Balaban J connectivity index is 4.11. The number of ether oxygens (including phenoxy) is 3. The van der Waals surface area contributed by atoms with Crippen LogP contribution in [0.15, 0.2) is 48.6 Å². The van der Waals surface area contributed by atoms with Crippen LogP contribution in [-0.2, 0) is 28.6 Å². The molecule has 468 valence electrons. The molecule has 1 unspecified atom stereocenters. The highest BCUT2D eigenvalue weighted by atomic mass is 16.6. The van der Waals surface area contributed by atoms with Gasteiger partial charge in [-0.1, -0.05) is 339 Å². The van der Waals surface area contributed by atoms with Crippen LogP contribution in [0.1, 0.15) is 387 Å². The standard InChI is InChI=1S/C74H136O6/c1-4-7-10-13-16-19-22-25-28-29-30-31-32-33-34-35-36-37-38-39-40-41-42-43-44-45-47-49-52-55-58-61-64-67-73(76)79-70-71(69-78-72(75)66-63-60-57-54-51-48-27-24-21-18-15-12-9-6-3)80-74(77)68-65-62-59-56-53-50-46-26-23-20-17-14-11-8-5-2/h15,18,22,24-25,27,29-30,71H,4-14,16-17,19-21,23,26,28,31-70H2,1-3H3/b18-15-,25-22-,27-24-,30-29-. The van der Waals surface area contributed by atoms with Gasteiger partial charge < -0.3 is 14.2 Å². The molecule has 0 aromatic rings. The van der Waals surface area contributed by atoms with Crippen molar-refractivity contribution in [2.24, 2.45) is 0 Å². The zero-order valence-electron chi connectivity index (χ0n) is 53.9. The fraction of sp³-hybridized carbons (Fsp3) is 0.851. The summed E-state index contributed by atoms with van der Waals surface area (Å²) in [6.45, 7) is 6.64. The molecule has 1 atom stereocenters. The molecular formula is C74H136O6. The minimum atomic E-state index is -0.776. The van der Waals surface area contributed by atoms with Crippen LogP contribution in [0.25, 0.3) is 0 Å². The fourth-order valence-corrected chi connectivity index (χ4v) is 10.7. The zero-order valence-corrected chi connectivity index (χ0v) is 53.9. The predicted molar refractivity (Wildman–Crippen MR) is 349 cm³/mol. The highest BCUT2D eigenvalue weighted by Crippen LogP contribution is 2.18. The number of unbranched alkanes of at least 4 members (excludes halogenated alkanes) is 47. The Labute approximate surface area is 498 Å². The van der Waals surface area contributed by atoms with E-state index in [-0.39, 0.29) is 31.1 Å². The molecule has 0 spiro atoms. The lowest BCUT2D eigenvalue weighted by molar-refractivity contribution is -0.167. The number of carbonyl (C=O) groups excluding carboxylic acids is 3. The van der Waals surface area contributed by atoms with Crippen molar-refractivity contribution in [2.75, 3.05) is 13.2 Å². The van der Waals surface area contributed by atoms with Gasteiger partial charge in [-0.3, -0.25) is 14.4 Å². The van der Waals surface area contributed by atoms with Crippen LogP contribution in [0, 0.1) is 0 Å². The van der Waals surface area contributed by atoms with Crippen molar-refractivity contribution in [3.8, 4) is 0 Å². The second-order valence-corrected chi connectivity index (χ2v) is 24.1. The van der Waals surface area contributed by atoms with E-state index in [1.165, 1.54) is 263 Å². The fourth-order valence-electron chi connectivity index (χ4n) is 10.7. The van der Waals surface area contributed by atoms with Gasteiger partial charge in [0.05, 0.1) is 0 Å². The van der Waals surface area contributed by atoms with Gasteiger partial charge in [0, 0.05) is 19.3 Å². The van der Waals surface area contributed by atoms with E-state index in [0.29, 0.717) is 19.3 Å². The monoisotopic (exact) mass is 1120 g/mol. The zero-order chi connectivity index (χ0) is 57.8. The van der Waals surface area contributed by atoms with E-state index in [2.05, 4.69) is 69.4 Å². The van der Waals surface area contributed by atoms with Gasteiger partial charge >= 0.3 is 17.9 Å². The Hall–Kier alpha value is -2.63. The molecule has 0 aliphatic rings. The first-order chi connectivity index (χ1) is 39.5. The Morgan fingerprint density at radius 1 is 0.250 bits per heavy atom. The summed E-state index contributed by atoms with van der Waals surface area (Å²) in [4.78, 5) is 38.3. The van der Waals surface area contributed by atoms with Crippen molar-refractivity contribution < 1.29 is 28.6 Å². The number of carbonyl (C=O) groups is 3. The van der Waals surface area contributed by atoms with Gasteiger partial charge in [0.15, 0.2) is 6.10 Å². The van der Waals surface area contributed by atoms with Gasteiger partial charge in [0.1, 0.15) is 13.2 Å². The molecule has 80 heavy (non-hydrogen) atoms. The van der Waals surface area contributed by atoms with E-state index in [0.717, 1.165) is 83.5 Å². The maximum absolute atomic E-state index is 12.9. The van der Waals surface area contributed by atoms with Gasteiger partial charge in [-0.25, -0.2) is 0 Å². The Morgan fingerprint density at radius 3 is 0.725 bits per heavy atom. The lowest BCUT2D eigenvalue weighted by Crippen LogP contribution is -2.30. The maximum atomic E-state index is 12.9. The highest BCUT2D eigenvalue weighted by molar-refractivity contribution is 5.71. The Kier molecular flexibility index (Phi) is 66.6. The van der Waals surface area contributed by atoms with E-state index in [4.69, 9.17) is 14.2 Å². The molecule has 0 N–H and O–H groups in total. The molecule has 0 aliphatic heterocycles. The Morgan fingerprint density at radius 2 is 0.463 bits per heavy atom. The third-order valence-corrected chi connectivity index (χ3v) is 16.1. The molecule has 6 nitrogen and oxygen atoms in total. The highest BCUT2D eigenvalue weighted by Gasteiger charge is 2.19. The summed E-state index contributed by atoms with van der Waals surface area (Å²) in [5, 5.41) is 0. The van der Waals surface area contributed by atoms with E-state index in [1.54, 1.807) is 0 Å². The molecule has 6 heteroatoms. The molecule has 0 fully saturated rings. The first-order valence-electron chi connectivity index (χ1n) is 35.6. The molecule has 0 heterocycles. The number of rotatable bonds is 66. The molecule has 0 bridgehead atoms. The third kappa shape index (κ3) is 66.2. The van der Waals surface area contributed by atoms with Gasteiger partial charge in [0.25, 0.3) is 0 Å². The summed E-state index contributed by atoms with van der Waals surface area (Å²) >= 11 is 0. The molecule has 0 amide bonds. The van der Waals surface area contributed by atoms with Gasteiger partial charge in [-0.15, -0.1) is 0 Å². The molecule has 0 saturated heterocycles. The summed E-state index contributed by atoms with van der Waals surface area (Å²) in [6.07, 6.45) is 87.3. The topological polar surface area (TPSA) is 78.9 Å². The van der Waals surface area contributed by atoms with Crippen molar-refractivity contribution in [2.45, 2.75) is 393 Å². The van der Waals surface area contributed by atoms with Crippen LogP contribution in [0.2, 0.25) is 0 Å². The summed E-state index contributed by atoms with van der Waals surface area (Å²) in [5.74, 6) is -0.860. The molecule has 0 aromatic heterocycles. The van der Waals surface area contributed by atoms with Gasteiger partial charge in [-0.05, 0) is 77.0 Å².